The molecule has 4 nitrogen and oxygen atoms in total. The maximum atomic E-state index is 5.72. The summed E-state index contributed by atoms with van der Waals surface area (Å²) in [4.78, 5) is 14.3. The van der Waals surface area contributed by atoms with Crippen molar-refractivity contribution in [1.82, 2.24) is 5.06 Å². The lowest BCUT2D eigenvalue weighted by atomic mass is 10.3. The third kappa shape index (κ3) is 2.21. The Hall–Kier alpha value is -1.84. The predicted octanol–water partition coefficient (Wildman–Crippen LogP) is 2.48. The summed E-state index contributed by atoms with van der Waals surface area (Å²) in [6, 6.07) is 9.64. The molecule has 1 aromatic carbocycles. The summed E-state index contributed by atoms with van der Waals surface area (Å²) in [6.45, 7) is 5.78. The minimum Gasteiger partial charge on any atom is -0.376 e. The largest absolute Gasteiger partial charge is 0.376 e. The summed E-state index contributed by atoms with van der Waals surface area (Å²) in [6.07, 6.45) is -0.0438. The number of para-hydroxylation sites is 1. The first-order valence-corrected chi connectivity index (χ1v) is 5.29. The van der Waals surface area contributed by atoms with Gasteiger partial charge in [-0.15, -0.1) is 0 Å². The van der Waals surface area contributed by atoms with Gasteiger partial charge in [0.05, 0.1) is 0 Å². The number of nitrogens with zero attached hydrogens (tertiary/aromatic N) is 3. The molecule has 0 saturated heterocycles. The highest BCUT2D eigenvalue weighted by Gasteiger charge is 2.20. The minimum absolute atomic E-state index is 0.0438. The van der Waals surface area contributed by atoms with Crippen LogP contribution in [0.2, 0.25) is 0 Å². The highest BCUT2D eigenvalue weighted by Crippen LogP contribution is 2.16. The molecule has 0 aromatic heterocycles. The van der Waals surface area contributed by atoms with Crippen LogP contribution in [0.25, 0.3) is 0 Å². The molecule has 4 heteroatoms. The molecule has 1 aliphatic rings. The van der Waals surface area contributed by atoms with Crippen molar-refractivity contribution in [2.24, 2.45) is 9.98 Å². The van der Waals surface area contributed by atoms with Gasteiger partial charge < -0.3 is 4.84 Å². The lowest BCUT2D eigenvalue weighted by molar-refractivity contribution is -0.0151. The van der Waals surface area contributed by atoms with E-state index in [1.165, 1.54) is 0 Å². The number of rotatable bonds is 2. The summed E-state index contributed by atoms with van der Waals surface area (Å²) in [5.41, 5.74) is 0. The number of benzene rings is 1. The second kappa shape index (κ2) is 4.35. The van der Waals surface area contributed by atoms with Crippen LogP contribution in [0.4, 0.5) is 0 Å². The first-order chi connectivity index (χ1) is 7.66. The summed E-state index contributed by atoms with van der Waals surface area (Å²) in [7, 11) is 0. The zero-order chi connectivity index (χ0) is 11.5. The molecule has 1 aliphatic heterocycles. The van der Waals surface area contributed by atoms with Gasteiger partial charge in [0.2, 0.25) is 0 Å². The molecular weight excluding hydrogens is 202 g/mol. The van der Waals surface area contributed by atoms with Crippen LogP contribution in [0.3, 0.4) is 0 Å². The Morgan fingerprint density at radius 1 is 1.19 bits per heavy atom. The highest BCUT2D eigenvalue weighted by molar-refractivity contribution is 5.96. The molecule has 0 spiro atoms. The Morgan fingerprint density at radius 3 is 2.50 bits per heavy atom. The highest BCUT2D eigenvalue weighted by atomic mass is 16.7. The first kappa shape index (κ1) is 10.7. The molecule has 1 heterocycles. The molecule has 0 amide bonds. The fourth-order valence-corrected chi connectivity index (χ4v) is 1.64. The van der Waals surface area contributed by atoms with Crippen LogP contribution in [0.15, 0.2) is 40.3 Å². The molecule has 2 rings (SSSR count). The molecule has 1 atom stereocenters. The lowest BCUT2D eigenvalue weighted by Crippen LogP contribution is -2.42. The molecule has 0 N–H and O–H groups in total. The molecule has 0 fully saturated rings. The average molecular weight is 217 g/mol. The normalized spacial score (nSPS) is 20.2. The second-order valence-electron chi connectivity index (χ2n) is 3.70. The first-order valence-electron chi connectivity index (χ1n) is 5.29. The topological polar surface area (TPSA) is 37.2 Å². The van der Waals surface area contributed by atoms with Crippen molar-refractivity contribution in [1.29, 1.82) is 0 Å². The Morgan fingerprint density at radius 2 is 1.88 bits per heavy atom. The van der Waals surface area contributed by atoms with E-state index in [-0.39, 0.29) is 6.17 Å². The predicted molar refractivity (Wildman–Crippen MR) is 64.6 cm³/mol. The van der Waals surface area contributed by atoms with E-state index in [0.717, 1.165) is 17.4 Å². The third-order valence-electron chi connectivity index (χ3n) is 2.30. The van der Waals surface area contributed by atoms with Gasteiger partial charge in [-0.25, -0.2) is 9.98 Å². The smallest absolute Gasteiger partial charge is 0.157 e. The van der Waals surface area contributed by atoms with E-state index in [2.05, 4.69) is 9.98 Å². The molecule has 0 bridgehead atoms. The second-order valence-corrected chi connectivity index (χ2v) is 3.70. The van der Waals surface area contributed by atoms with Crippen molar-refractivity contribution in [2.45, 2.75) is 26.9 Å². The summed E-state index contributed by atoms with van der Waals surface area (Å²) < 4.78 is 0. The zero-order valence-electron chi connectivity index (χ0n) is 9.71. The average Bonchev–Trinajstić information content (AvgIpc) is 2.25. The Balaban J connectivity index is 2.15. The number of aliphatic imine (C=N–C) groups is 2. The minimum atomic E-state index is -0.0438. The zero-order valence-corrected chi connectivity index (χ0v) is 9.71. The Bertz CT molecular complexity index is 425. The summed E-state index contributed by atoms with van der Waals surface area (Å²) in [5, 5.41) is 1.71. The van der Waals surface area contributed by atoms with Crippen molar-refractivity contribution < 1.29 is 4.84 Å². The number of amidine groups is 2. The fraction of sp³-hybridized carbons (Fsp3) is 0.333. The molecule has 0 aliphatic carbocycles. The molecule has 1 aromatic rings. The van der Waals surface area contributed by atoms with E-state index in [1.807, 2.05) is 51.1 Å². The van der Waals surface area contributed by atoms with Gasteiger partial charge in [-0.2, -0.15) is 5.06 Å². The maximum Gasteiger partial charge on any atom is 0.157 e. The molecule has 16 heavy (non-hydrogen) atoms. The van der Waals surface area contributed by atoms with Crippen LogP contribution >= 0.6 is 0 Å². The van der Waals surface area contributed by atoms with E-state index in [0.29, 0.717) is 0 Å². The summed E-state index contributed by atoms with van der Waals surface area (Å²) >= 11 is 0. The molecule has 84 valence electrons. The van der Waals surface area contributed by atoms with Gasteiger partial charge in [-0.05, 0) is 32.9 Å². The lowest BCUT2D eigenvalue weighted by Gasteiger charge is -2.29. The van der Waals surface area contributed by atoms with Crippen molar-refractivity contribution >= 4 is 11.7 Å². The monoisotopic (exact) mass is 217 g/mol. The van der Waals surface area contributed by atoms with E-state index in [1.54, 1.807) is 5.06 Å². The summed E-state index contributed by atoms with van der Waals surface area (Å²) in [5.74, 6) is 2.40. The maximum absolute atomic E-state index is 5.72. The van der Waals surface area contributed by atoms with Crippen molar-refractivity contribution in [2.75, 3.05) is 0 Å². The van der Waals surface area contributed by atoms with E-state index < -0.39 is 0 Å². The van der Waals surface area contributed by atoms with Crippen LogP contribution in [0.5, 0.6) is 5.75 Å². The van der Waals surface area contributed by atoms with Crippen molar-refractivity contribution in [3.63, 3.8) is 0 Å². The Labute approximate surface area is 95.2 Å². The number of hydrogen-bond acceptors (Lipinski definition) is 4. The van der Waals surface area contributed by atoms with E-state index in [9.17, 15) is 0 Å². The van der Waals surface area contributed by atoms with Gasteiger partial charge in [0.25, 0.3) is 0 Å². The van der Waals surface area contributed by atoms with Crippen LogP contribution in [-0.2, 0) is 0 Å². The third-order valence-corrected chi connectivity index (χ3v) is 2.30. The fourth-order valence-electron chi connectivity index (χ4n) is 1.64. The van der Waals surface area contributed by atoms with Crippen LogP contribution in [0, 0.1) is 0 Å². The molecule has 1 unspecified atom stereocenters. The SMILES string of the molecule is CC1=NC(C)N(Oc2ccccc2)C(C)=N1. The quantitative estimate of drug-likeness (QED) is 0.763. The Kier molecular flexibility index (Phi) is 2.90. The van der Waals surface area contributed by atoms with Gasteiger partial charge in [-0.3, -0.25) is 0 Å². The van der Waals surface area contributed by atoms with Crippen LogP contribution in [0.1, 0.15) is 20.8 Å². The van der Waals surface area contributed by atoms with E-state index >= 15 is 0 Å². The number of hydrogen-bond donors (Lipinski definition) is 0. The van der Waals surface area contributed by atoms with Crippen LogP contribution in [-0.4, -0.2) is 22.9 Å². The molecule has 0 radical (unpaired) electrons. The van der Waals surface area contributed by atoms with Gasteiger partial charge in [0.15, 0.2) is 11.9 Å². The molecular formula is C12H15N3O. The van der Waals surface area contributed by atoms with Gasteiger partial charge in [-0.1, -0.05) is 18.2 Å². The van der Waals surface area contributed by atoms with Gasteiger partial charge >= 0.3 is 0 Å². The van der Waals surface area contributed by atoms with Crippen LogP contribution < -0.4 is 4.84 Å². The van der Waals surface area contributed by atoms with Gasteiger partial charge in [0, 0.05) is 0 Å². The van der Waals surface area contributed by atoms with Crippen molar-refractivity contribution in [3.05, 3.63) is 30.3 Å². The molecule has 0 saturated carbocycles. The number of hydroxylamine groups is 2. The standard InChI is InChI=1S/C12H15N3O/c1-9-13-10(2)15(11(3)14-9)16-12-7-5-4-6-8-12/h4-8,10H,1-3H3. The van der Waals surface area contributed by atoms with Crippen molar-refractivity contribution in [3.8, 4) is 5.75 Å². The van der Waals surface area contributed by atoms with E-state index in [4.69, 9.17) is 4.84 Å². The van der Waals surface area contributed by atoms with Gasteiger partial charge in [0.1, 0.15) is 11.7 Å².